The molecule has 3 aromatic carbocycles. The molecule has 0 bridgehead atoms. The zero-order chi connectivity index (χ0) is 19.7. The molecule has 6 heteroatoms. The second-order valence-electron chi connectivity index (χ2n) is 6.06. The average Bonchev–Trinajstić information content (AvgIpc) is 2.67. The van der Waals surface area contributed by atoms with E-state index in [1.807, 2.05) is 0 Å². The van der Waals surface area contributed by atoms with E-state index in [0.29, 0.717) is 5.56 Å². The third kappa shape index (κ3) is 3.10. The number of aliphatic hydroxyl groups is 1. The molecule has 1 N–H and O–H groups in total. The highest BCUT2D eigenvalue weighted by Crippen LogP contribution is 2.53. The number of alkyl halides is 5. The molecule has 1 unspecified atom stereocenters. The summed E-state index contributed by atoms with van der Waals surface area (Å²) in [5.41, 5.74) is -4.16. The highest BCUT2D eigenvalue weighted by molar-refractivity contribution is 5.70. The minimum Gasteiger partial charge on any atom is -0.374 e. The van der Waals surface area contributed by atoms with Crippen molar-refractivity contribution in [2.24, 2.45) is 0 Å². The van der Waals surface area contributed by atoms with Crippen LogP contribution in [-0.4, -0.2) is 17.2 Å². The van der Waals surface area contributed by atoms with Crippen LogP contribution in [0, 0.1) is 0 Å². The summed E-state index contributed by atoms with van der Waals surface area (Å²) in [6.07, 6.45) is -5.96. The number of halogens is 5. The summed E-state index contributed by atoms with van der Waals surface area (Å²) in [5.74, 6) is -5.42. The fraction of sp³-hybridized carbons (Fsp3) is 0.143. The lowest BCUT2D eigenvalue weighted by Crippen LogP contribution is -2.55. The maximum absolute atomic E-state index is 14.7. The lowest BCUT2D eigenvalue weighted by molar-refractivity contribution is -0.336. The molecule has 1 nitrogen and oxygen atoms in total. The number of rotatable bonds is 4. The van der Waals surface area contributed by atoms with E-state index < -0.39 is 28.8 Å². The monoisotopic (exact) mass is 378 g/mol. The van der Waals surface area contributed by atoms with Crippen molar-refractivity contribution in [3.8, 4) is 11.1 Å². The fourth-order valence-corrected chi connectivity index (χ4v) is 3.06. The van der Waals surface area contributed by atoms with E-state index >= 15 is 0 Å². The Morgan fingerprint density at radius 1 is 0.593 bits per heavy atom. The van der Waals surface area contributed by atoms with Crippen LogP contribution in [0.1, 0.15) is 11.1 Å². The lowest BCUT2D eigenvalue weighted by Gasteiger charge is -2.38. The predicted octanol–water partition coefficient (Wildman–Crippen LogP) is 5.79. The van der Waals surface area contributed by atoms with Crippen molar-refractivity contribution in [3.05, 3.63) is 96.1 Å². The SMILES string of the molecule is OC(c1ccccc1)(c1ccccc1-c1ccccc1)C(F)(F)C(F)(F)F. The van der Waals surface area contributed by atoms with Gasteiger partial charge in [-0.25, -0.2) is 0 Å². The minimum absolute atomic E-state index is 0.0911. The van der Waals surface area contributed by atoms with Gasteiger partial charge in [-0.3, -0.25) is 0 Å². The molecule has 27 heavy (non-hydrogen) atoms. The summed E-state index contributed by atoms with van der Waals surface area (Å²) in [5, 5.41) is 11.0. The van der Waals surface area contributed by atoms with Crippen molar-refractivity contribution in [2.75, 3.05) is 0 Å². The quantitative estimate of drug-likeness (QED) is 0.570. The Morgan fingerprint density at radius 2 is 1.07 bits per heavy atom. The molecule has 0 aliphatic rings. The van der Waals surface area contributed by atoms with Crippen molar-refractivity contribution >= 4 is 0 Å². The fourth-order valence-electron chi connectivity index (χ4n) is 3.06. The van der Waals surface area contributed by atoms with Gasteiger partial charge < -0.3 is 5.11 Å². The van der Waals surface area contributed by atoms with Gasteiger partial charge in [0, 0.05) is 5.56 Å². The molecule has 0 spiro atoms. The van der Waals surface area contributed by atoms with Crippen LogP contribution in [0.5, 0.6) is 0 Å². The highest BCUT2D eigenvalue weighted by Gasteiger charge is 2.71. The second kappa shape index (κ2) is 6.78. The highest BCUT2D eigenvalue weighted by atomic mass is 19.4. The molecule has 0 aliphatic heterocycles. The molecule has 0 saturated carbocycles. The van der Waals surface area contributed by atoms with Gasteiger partial charge in [0.2, 0.25) is 0 Å². The van der Waals surface area contributed by atoms with Crippen LogP contribution in [0.25, 0.3) is 11.1 Å². The Hall–Kier alpha value is -2.73. The van der Waals surface area contributed by atoms with Gasteiger partial charge in [-0.15, -0.1) is 0 Å². The van der Waals surface area contributed by atoms with E-state index in [9.17, 15) is 27.1 Å². The molecule has 0 aromatic heterocycles. The van der Waals surface area contributed by atoms with Crippen LogP contribution < -0.4 is 0 Å². The third-order valence-corrected chi connectivity index (χ3v) is 4.40. The Bertz CT molecular complexity index is 907. The zero-order valence-electron chi connectivity index (χ0n) is 13.9. The first kappa shape index (κ1) is 19.0. The van der Waals surface area contributed by atoms with E-state index in [1.165, 1.54) is 36.4 Å². The van der Waals surface area contributed by atoms with Crippen molar-refractivity contribution in [1.82, 2.24) is 0 Å². The van der Waals surface area contributed by atoms with Gasteiger partial charge in [-0.1, -0.05) is 84.9 Å². The summed E-state index contributed by atoms with van der Waals surface area (Å²) in [4.78, 5) is 0. The van der Waals surface area contributed by atoms with Gasteiger partial charge in [0.1, 0.15) is 0 Å². The van der Waals surface area contributed by atoms with Gasteiger partial charge in [-0.05, 0) is 16.7 Å². The Morgan fingerprint density at radius 3 is 1.63 bits per heavy atom. The second-order valence-corrected chi connectivity index (χ2v) is 6.06. The maximum atomic E-state index is 14.7. The molecule has 0 heterocycles. The molecule has 0 saturated heterocycles. The van der Waals surface area contributed by atoms with Crippen molar-refractivity contribution in [3.63, 3.8) is 0 Å². The summed E-state index contributed by atoms with van der Waals surface area (Å²) in [6.45, 7) is 0. The lowest BCUT2D eigenvalue weighted by atomic mass is 9.77. The van der Waals surface area contributed by atoms with Gasteiger partial charge in [-0.2, -0.15) is 22.0 Å². The summed E-state index contributed by atoms with van der Waals surface area (Å²) in [7, 11) is 0. The first-order valence-corrected chi connectivity index (χ1v) is 8.07. The summed E-state index contributed by atoms with van der Waals surface area (Å²) in [6, 6.07) is 19.7. The van der Waals surface area contributed by atoms with Crippen molar-refractivity contribution < 1.29 is 27.1 Å². The van der Waals surface area contributed by atoms with Gasteiger partial charge in [0.05, 0.1) is 0 Å². The zero-order valence-corrected chi connectivity index (χ0v) is 13.9. The van der Waals surface area contributed by atoms with E-state index in [2.05, 4.69) is 0 Å². The molecule has 0 amide bonds. The van der Waals surface area contributed by atoms with Crippen LogP contribution >= 0.6 is 0 Å². The first-order chi connectivity index (χ1) is 12.7. The van der Waals surface area contributed by atoms with Gasteiger partial charge in [0.15, 0.2) is 5.60 Å². The Labute approximate surface area is 152 Å². The molecule has 0 aliphatic carbocycles. The normalized spacial score (nSPS) is 14.6. The molecule has 3 aromatic rings. The standard InChI is InChI=1S/C21H15F5O/c22-20(23,21(24,25)26)19(27,16-11-5-2-6-12-16)18-14-8-7-13-17(18)15-9-3-1-4-10-15/h1-14,27H. The summed E-state index contributed by atoms with van der Waals surface area (Å²) >= 11 is 0. The summed E-state index contributed by atoms with van der Waals surface area (Å²) < 4.78 is 69.3. The van der Waals surface area contributed by atoms with Crippen LogP contribution in [0.4, 0.5) is 22.0 Å². The third-order valence-electron chi connectivity index (χ3n) is 4.40. The number of benzene rings is 3. The van der Waals surface area contributed by atoms with E-state index in [0.717, 1.165) is 18.2 Å². The van der Waals surface area contributed by atoms with Crippen molar-refractivity contribution in [2.45, 2.75) is 17.7 Å². The topological polar surface area (TPSA) is 20.2 Å². The maximum Gasteiger partial charge on any atom is 0.457 e. The Balaban J connectivity index is 2.35. The largest absolute Gasteiger partial charge is 0.457 e. The molecule has 3 rings (SSSR count). The molecular formula is C21H15F5O. The van der Waals surface area contributed by atoms with Gasteiger partial charge >= 0.3 is 12.1 Å². The molecule has 0 radical (unpaired) electrons. The van der Waals surface area contributed by atoms with E-state index in [-0.39, 0.29) is 5.56 Å². The number of hydrogen-bond acceptors (Lipinski definition) is 1. The van der Waals surface area contributed by atoms with Crippen LogP contribution in [0.15, 0.2) is 84.9 Å². The molecule has 0 fully saturated rings. The molecule has 140 valence electrons. The number of hydrogen-bond donors (Lipinski definition) is 1. The Kier molecular flexibility index (Phi) is 4.78. The first-order valence-electron chi connectivity index (χ1n) is 8.07. The minimum atomic E-state index is -5.96. The smallest absolute Gasteiger partial charge is 0.374 e. The molecular weight excluding hydrogens is 363 g/mol. The van der Waals surface area contributed by atoms with E-state index in [4.69, 9.17) is 0 Å². The molecule has 1 atom stereocenters. The van der Waals surface area contributed by atoms with Gasteiger partial charge in [0.25, 0.3) is 0 Å². The average molecular weight is 378 g/mol. The van der Waals surface area contributed by atoms with Crippen LogP contribution in [0.2, 0.25) is 0 Å². The van der Waals surface area contributed by atoms with Crippen LogP contribution in [0.3, 0.4) is 0 Å². The van der Waals surface area contributed by atoms with Crippen molar-refractivity contribution in [1.29, 1.82) is 0 Å². The van der Waals surface area contributed by atoms with Crippen LogP contribution in [-0.2, 0) is 5.60 Å². The van der Waals surface area contributed by atoms with E-state index in [1.54, 1.807) is 30.3 Å². The predicted molar refractivity (Wildman–Crippen MR) is 92.3 cm³/mol.